The van der Waals surface area contributed by atoms with Crippen molar-refractivity contribution >= 4 is 16.4 Å². The standard InChI is InChI=1S/C19H29N3O5S/c1-19(2,20-9-11-27-12-10-20)18(22(24)15-23)14-28(25,26)21-8-7-16-5-3-4-6-17(16)13-21/h3-6,15,18,24H,7-14H2,1-2H3. The zero-order valence-electron chi connectivity index (χ0n) is 16.5. The number of morpholine rings is 1. The van der Waals surface area contributed by atoms with Crippen LogP contribution >= 0.6 is 0 Å². The van der Waals surface area contributed by atoms with Gasteiger partial charge in [-0.3, -0.25) is 14.9 Å². The SMILES string of the molecule is CC(C)(C(CS(=O)(=O)N1CCc2ccccc2C1)N(O)C=O)N1CCOCC1. The number of hydrogen-bond acceptors (Lipinski definition) is 6. The molecular formula is C19H29N3O5S. The third kappa shape index (κ3) is 4.38. The van der Waals surface area contributed by atoms with Crippen molar-refractivity contribution in [3.8, 4) is 0 Å². The Balaban J connectivity index is 1.81. The monoisotopic (exact) mass is 411 g/mol. The van der Waals surface area contributed by atoms with Crippen LogP contribution in [0.3, 0.4) is 0 Å². The van der Waals surface area contributed by atoms with E-state index in [9.17, 15) is 18.4 Å². The first-order valence-electron chi connectivity index (χ1n) is 9.55. The Labute approximate surface area is 166 Å². The van der Waals surface area contributed by atoms with Gasteiger partial charge in [-0.15, -0.1) is 0 Å². The second-order valence-electron chi connectivity index (χ2n) is 7.89. The molecule has 1 N–H and O–H groups in total. The van der Waals surface area contributed by atoms with E-state index in [0.29, 0.717) is 50.9 Å². The molecule has 1 atom stereocenters. The number of amides is 1. The number of fused-ring (bicyclic) bond motifs is 1. The fourth-order valence-corrected chi connectivity index (χ4v) is 5.92. The molecule has 0 saturated carbocycles. The molecule has 2 aliphatic rings. The van der Waals surface area contributed by atoms with Crippen molar-refractivity contribution in [3.63, 3.8) is 0 Å². The number of ether oxygens (including phenoxy) is 1. The van der Waals surface area contributed by atoms with Crippen molar-refractivity contribution in [1.29, 1.82) is 0 Å². The zero-order chi connectivity index (χ0) is 20.4. The largest absolute Gasteiger partial charge is 0.379 e. The highest BCUT2D eigenvalue weighted by Gasteiger charge is 2.43. The summed E-state index contributed by atoms with van der Waals surface area (Å²) in [4.78, 5) is 13.4. The molecule has 28 heavy (non-hydrogen) atoms. The lowest BCUT2D eigenvalue weighted by Crippen LogP contribution is -2.63. The first-order chi connectivity index (χ1) is 13.3. The minimum absolute atomic E-state index is 0.286. The highest BCUT2D eigenvalue weighted by Crippen LogP contribution is 2.27. The highest BCUT2D eigenvalue weighted by atomic mass is 32.2. The number of hydroxylamine groups is 2. The van der Waals surface area contributed by atoms with Crippen LogP contribution in [-0.4, -0.2) is 84.5 Å². The topological polar surface area (TPSA) is 90.4 Å². The molecule has 8 nitrogen and oxygen atoms in total. The van der Waals surface area contributed by atoms with Gasteiger partial charge in [0, 0.05) is 31.7 Å². The molecule has 1 unspecified atom stereocenters. The van der Waals surface area contributed by atoms with Gasteiger partial charge < -0.3 is 4.74 Å². The molecule has 1 amide bonds. The van der Waals surface area contributed by atoms with E-state index in [4.69, 9.17) is 4.74 Å². The van der Waals surface area contributed by atoms with Crippen LogP contribution in [0.4, 0.5) is 0 Å². The van der Waals surface area contributed by atoms with Gasteiger partial charge in [0.25, 0.3) is 0 Å². The quantitative estimate of drug-likeness (QED) is 0.404. The van der Waals surface area contributed by atoms with Crippen molar-refractivity contribution in [2.24, 2.45) is 0 Å². The van der Waals surface area contributed by atoms with Gasteiger partial charge in [-0.2, -0.15) is 4.31 Å². The van der Waals surface area contributed by atoms with E-state index in [1.807, 2.05) is 38.1 Å². The van der Waals surface area contributed by atoms with E-state index in [1.54, 1.807) is 0 Å². The molecule has 0 aromatic heterocycles. The number of rotatable bonds is 7. The number of benzene rings is 1. The summed E-state index contributed by atoms with van der Waals surface area (Å²) in [6, 6.07) is 6.92. The molecule has 1 aromatic rings. The maximum absolute atomic E-state index is 13.2. The smallest absolute Gasteiger partial charge is 0.233 e. The average molecular weight is 412 g/mol. The lowest BCUT2D eigenvalue weighted by molar-refractivity contribution is -0.173. The predicted molar refractivity (Wildman–Crippen MR) is 104 cm³/mol. The van der Waals surface area contributed by atoms with Gasteiger partial charge in [0.15, 0.2) is 0 Å². The van der Waals surface area contributed by atoms with Crippen molar-refractivity contribution in [1.82, 2.24) is 14.3 Å². The fraction of sp³-hybridized carbons (Fsp3) is 0.632. The summed E-state index contributed by atoms with van der Waals surface area (Å²) in [5, 5.41) is 10.7. The molecule has 2 aliphatic heterocycles. The van der Waals surface area contributed by atoms with Crippen molar-refractivity contribution < 1.29 is 23.2 Å². The molecule has 156 valence electrons. The fourth-order valence-electron chi connectivity index (χ4n) is 4.04. The highest BCUT2D eigenvalue weighted by molar-refractivity contribution is 7.89. The van der Waals surface area contributed by atoms with Crippen LogP contribution in [0.1, 0.15) is 25.0 Å². The molecule has 1 saturated heterocycles. The normalized spacial score (nSPS) is 20.4. The summed E-state index contributed by atoms with van der Waals surface area (Å²) < 4.78 is 33.2. The van der Waals surface area contributed by atoms with E-state index in [2.05, 4.69) is 4.90 Å². The Hall–Kier alpha value is -1.52. The predicted octanol–water partition coefficient (Wildman–Crippen LogP) is 0.702. The Morgan fingerprint density at radius 3 is 2.50 bits per heavy atom. The molecule has 1 aromatic carbocycles. The lowest BCUT2D eigenvalue weighted by Gasteiger charge is -2.47. The molecule has 0 spiro atoms. The van der Waals surface area contributed by atoms with Crippen LogP contribution < -0.4 is 0 Å². The minimum Gasteiger partial charge on any atom is -0.379 e. The Morgan fingerprint density at radius 1 is 1.21 bits per heavy atom. The molecule has 2 heterocycles. The number of carbonyl (C=O) groups excluding carboxylic acids is 1. The summed E-state index contributed by atoms with van der Waals surface area (Å²) in [5.41, 5.74) is 1.42. The van der Waals surface area contributed by atoms with Gasteiger partial charge in [0.2, 0.25) is 16.4 Å². The zero-order valence-corrected chi connectivity index (χ0v) is 17.3. The summed E-state index contributed by atoms with van der Waals surface area (Å²) >= 11 is 0. The van der Waals surface area contributed by atoms with Gasteiger partial charge in [0.1, 0.15) is 0 Å². The maximum atomic E-state index is 13.2. The van der Waals surface area contributed by atoms with Gasteiger partial charge in [-0.25, -0.2) is 13.5 Å². The van der Waals surface area contributed by atoms with E-state index in [1.165, 1.54) is 4.31 Å². The second kappa shape index (κ2) is 8.46. The molecule has 0 bridgehead atoms. The molecular weight excluding hydrogens is 382 g/mol. The van der Waals surface area contributed by atoms with E-state index < -0.39 is 21.6 Å². The van der Waals surface area contributed by atoms with Crippen molar-refractivity contribution in [2.75, 3.05) is 38.6 Å². The van der Waals surface area contributed by atoms with Crippen molar-refractivity contribution in [3.05, 3.63) is 35.4 Å². The van der Waals surface area contributed by atoms with Crippen LogP contribution in [0, 0.1) is 0 Å². The molecule has 0 aliphatic carbocycles. The Bertz CT molecular complexity index is 793. The number of hydrogen-bond donors (Lipinski definition) is 1. The van der Waals surface area contributed by atoms with E-state index >= 15 is 0 Å². The molecule has 0 radical (unpaired) electrons. The number of sulfonamides is 1. The number of nitrogens with zero attached hydrogens (tertiary/aromatic N) is 3. The van der Waals surface area contributed by atoms with Gasteiger partial charge in [0.05, 0.1) is 25.0 Å². The van der Waals surface area contributed by atoms with Gasteiger partial charge >= 0.3 is 0 Å². The molecule has 3 rings (SSSR count). The van der Waals surface area contributed by atoms with Crippen LogP contribution in [-0.2, 0) is 32.5 Å². The van der Waals surface area contributed by atoms with Crippen LogP contribution in [0.5, 0.6) is 0 Å². The maximum Gasteiger partial charge on any atom is 0.233 e. The van der Waals surface area contributed by atoms with Crippen LogP contribution in [0.25, 0.3) is 0 Å². The van der Waals surface area contributed by atoms with Crippen LogP contribution in [0.2, 0.25) is 0 Å². The summed E-state index contributed by atoms with van der Waals surface area (Å²) in [5.74, 6) is -0.339. The molecule has 1 fully saturated rings. The summed E-state index contributed by atoms with van der Waals surface area (Å²) in [7, 11) is -3.69. The second-order valence-corrected chi connectivity index (χ2v) is 9.90. The Morgan fingerprint density at radius 2 is 1.86 bits per heavy atom. The number of carbonyl (C=O) groups is 1. The average Bonchev–Trinajstić information content (AvgIpc) is 2.71. The van der Waals surface area contributed by atoms with Gasteiger partial charge in [-0.1, -0.05) is 24.3 Å². The third-order valence-corrected chi connectivity index (χ3v) is 7.76. The summed E-state index contributed by atoms with van der Waals surface area (Å²) in [6.07, 6.45) is 0.942. The Kier molecular flexibility index (Phi) is 6.41. The summed E-state index contributed by atoms with van der Waals surface area (Å²) in [6.45, 7) is 6.75. The first kappa shape index (κ1) is 21.2. The molecule has 9 heteroatoms. The van der Waals surface area contributed by atoms with E-state index in [0.717, 1.165) is 11.1 Å². The van der Waals surface area contributed by atoms with Crippen molar-refractivity contribution in [2.45, 2.75) is 38.4 Å². The van der Waals surface area contributed by atoms with Crippen LogP contribution in [0.15, 0.2) is 24.3 Å². The first-order valence-corrected chi connectivity index (χ1v) is 11.2. The minimum atomic E-state index is -3.69. The third-order valence-electron chi connectivity index (χ3n) is 5.93. The van der Waals surface area contributed by atoms with E-state index in [-0.39, 0.29) is 12.2 Å². The lowest BCUT2D eigenvalue weighted by atomic mass is 9.93. The van der Waals surface area contributed by atoms with Gasteiger partial charge in [-0.05, 0) is 31.4 Å².